The highest BCUT2D eigenvalue weighted by molar-refractivity contribution is 5.93. The topological polar surface area (TPSA) is 50.3 Å². The highest BCUT2D eigenvalue weighted by Gasteiger charge is 2.18. The number of pyridine rings is 1. The minimum atomic E-state index is -0.0404. The molecule has 4 nitrogen and oxygen atoms in total. The third kappa shape index (κ3) is 3.24. The van der Waals surface area contributed by atoms with Gasteiger partial charge in [-0.3, -0.25) is 14.6 Å². The lowest BCUT2D eigenvalue weighted by Crippen LogP contribution is -2.37. The van der Waals surface area contributed by atoms with Gasteiger partial charge < -0.3 is 4.90 Å². The van der Waals surface area contributed by atoms with Crippen molar-refractivity contribution in [1.29, 1.82) is 0 Å². The minimum absolute atomic E-state index is 0.0404. The number of piperidine rings is 1. The third-order valence-corrected chi connectivity index (χ3v) is 2.74. The van der Waals surface area contributed by atoms with Gasteiger partial charge in [0.05, 0.1) is 0 Å². The summed E-state index contributed by atoms with van der Waals surface area (Å²) in [5.74, 6) is 0.201. The summed E-state index contributed by atoms with van der Waals surface area (Å²) in [6, 6.07) is 3.71. The van der Waals surface area contributed by atoms with Gasteiger partial charge in [-0.1, -0.05) is 6.07 Å². The van der Waals surface area contributed by atoms with Gasteiger partial charge in [0.2, 0.25) is 5.91 Å². The number of hydrogen-bond acceptors (Lipinski definition) is 3. The molecule has 0 radical (unpaired) electrons. The first-order valence-electron chi connectivity index (χ1n) is 5.64. The fourth-order valence-electron chi connectivity index (χ4n) is 1.72. The molecule has 88 valence electrons. The van der Waals surface area contributed by atoms with Gasteiger partial charge in [0.1, 0.15) is 5.78 Å². The Morgan fingerprint density at radius 2 is 2.12 bits per heavy atom. The molecule has 2 rings (SSSR count). The lowest BCUT2D eigenvalue weighted by Gasteiger charge is -2.24. The summed E-state index contributed by atoms with van der Waals surface area (Å²) in [6.45, 7) is 1.07. The molecule has 1 aromatic rings. The number of amides is 1. The maximum atomic E-state index is 11.8. The first-order chi connectivity index (χ1) is 8.25. The first-order valence-corrected chi connectivity index (χ1v) is 5.64. The Balaban J connectivity index is 1.93. The molecule has 1 saturated heterocycles. The number of carbonyl (C=O) groups excluding carboxylic acids is 2. The molecule has 1 amide bonds. The van der Waals surface area contributed by atoms with E-state index in [1.807, 2.05) is 12.1 Å². The molecule has 1 aliphatic rings. The Morgan fingerprint density at radius 3 is 2.76 bits per heavy atom. The monoisotopic (exact) mass is 230 g/mol. The van der Waals surface area contributed by atoms with E-state index in [-0.39, 0.29) is 11.7 Å². The zero-order chi connectivity index (χ0) is 12.1. The lowest BCUT2D eigenvalue weighted by atomic mass is 10.1. The van der Waals surface area contributed by atoms with E-state index < -0.39 is 0 Å². The number of hydrogen-bond donors (Lipinski definition) is 0. The molecule has 0 spiro atoms. The van der Waals surface area contributed by atoms with E-state index in [0.717, 1.165) is 5.56 Å². The summed E-state index contributed by atoms with van der Waals surface area (Å²) in [4.78, 5) is 28.5. The molecular weight excluding hydrogens is 216 g/mol. The highest BCUT2D eigenvalue weighted by atomic mass is 16.2. The molecule has 1 aromatic heterocycles. The van der Waals surface area contributed by atoms with Gasteiger partial charge in [0.25, 0.3) is 0 Å². The largest absolute Gasteiger partial charge is 0.338 e. The Morgan fingerprint density at radius 1 is 1.35 bits per heavy atom. The number of likely N-dealkylation sites (tertiary alicyclic amines) is 1. The van der Waals surface area contributed by atoms with Gasteiger partial charge in [-0.15, -0.1) is 0 Å². The van der Waals surface area contributed by atoms with Crippen LogP contribution in [-0.4, -0.2) is 34.7 Å². The predicted octanol–water partition coefficient (Wildman–Crippen LogP) is 1.29. The maximum absolute atomic E-state index is 11.8. The summed E-state index contributed by atoms with van der Waals surface area (Å²) in [5.41, 5.74) is 0.897. The second kappa shape index (κ2) is 5.39. The van der Waals surface area contributed by atoms with Crippen LogP contribution in [0, 0.1) is 0 Å². The second-order valence-corrected chi connectivity index (χ2v) is 3.98. The van der Waals surface area contributed by atoms with Gasteiger partial charge in [-0.05, 0) is 17.7 Å². The average Bonchev–Trinajstić information content (AvgIpc) is 2.38. The molecule has 1 fully saturated rings. The third-order valence-electron chi connectivity index (χ3n) is 2.74. The number of carbonyl (C=O) groups is 2. The van der Waals surface area contributed by atoms with Gasteiger partial charge in [0, 0.05) is 44.4 Å². The highest BCUT2D eigenvalue weighted by Crippen LogP contribution is 2.07. The quantitative estimate of drug-likeness (QED) is 0.719. The minimum Gasteiger partial charge on any atom is -0.338 e. The van der Waals surface area contributed by atoms with Crippen molar-refractivity contribution in [2.45, 2.75) is 12.8 Å². The van der Waals surface area contributed by atoms with Crippen LogP contribution in [0.15, 0.2) is 30.6 Å². The average molecular weight is 230 g/mol. The van der Waals surface area contributed by atoms with E-state index in [9.17, 15) is 9.59 Å². The Labute approximate surface area is 100.0 Å². The number of Topliss-reactive ketones (excluding diaryl/α,β-unsaturated/α-hetero) is 1. The van der Waals surface area contributed by atoms with Crippen LogP contribution in [0.25, 0.3) is 6.08 Å². The molecule has 0 N–H and O–H groups in total. The smallest absolute Gasteiger partial charge is 0.246 e. The van der Waals surface area contributed by atoms with Crippen LogP contribution in [0.1, 0.15) is 18.4 Å². The molecule has 0 atom stereocenters. The summed E-state index contributed by atoms with van der Waals surface area (Å²) in [7, 11) is 0. The summed E-state index contributed by atoms with van der Waals surface area (Å²) < 4.78 is 0. The zero-order valence-electron chi connectivity index (χ0n) is 9.50. The number of rotatable bonds is 2. The summed E-state index contributed by atoms with van der Waals surface area (Å²) in [6.07, 6.45) is 7.62. The van der Waals surface area contributed by atoms with Gasteiger partial charge in [-0.2, -0.15) is 0 Å². The van der Waals surface area contributed by atoms with Crippen LogP contribution in [0.3, 0.4) is 0 Å². The van der Waals surface area contributed by atoms with Crippen LogP contribution in [0.2, 0.25) is 0 Å². The van der Waals surface area contributed by atoms with Crippen LogP contribution >= 0.6 is 0 Å². The van der Waals surface area contributed by atoms with Crippen LogP contribution in [0.4, 0.5) is 0 Å². The molecule has 4 heteroatoms. The van der Waals surface area contributed by atoms with E-state index in [2.05, 4.69) is 4.98 Å². The maximum Gasteiger partial charge on any atom is 0.246 e. The van der Waals surface area contributed by atoms with Crippen molar-refractivity contribution in [2.24, 2.45) is 0 Å². The molecule has 0 saturated carbocycles. The van der Waals surface area contributed by atoms with Gasteiger partial charge in [0.15, 0.2) is 0 Å². The Hall–Kier alpha value is -1.97. The summed E-state index contributed by atoms with van der Waals surface area (Å²) >= 11 is 0. The van der Waals surface area contributed by atoms with Crippen molar-refractivity contribution >= 4 is 17.8 Å². The van der Waals surface area contributed by atoms with Crippen molar-refractivity contribution in [2.75, 3.05) is 13.1 Å². The fourth-order valence-corrected chi connectivity index (χ4v) is 1.72. The van der Waals surface area contributed by atoms with E-state index >= 15 is 0 Å². The number of nitrogens with zero attached hydrogens (tertiary/aromatic N) is 2. The fraction of sp³-hybridized carbons (Fsp3) is 0.308. The van der Waals surface area contributed by atoms with Crippen LogP contribution in [0.5, 0.6) is 0 Å². The molecule has 0 unspecified atom stereocenters. The van der Waals surface area contributed by atoms with E-state index in [1.165, 1.54) is 6.08 Å². The molecular formula is C13H14N2O2. The Kier molecular flexibility index (Phi) is 3.65. The molecule has 17 heavy (non-hydrogen) atoms. The number of ketones is 1. The molecule has 1 aliphatic heterocycles. The van der Waals surface area contributed by atoms with Crippen molar-refractivity contribution in [1.82, 2.24) is 9.88 Å². The van der Waals surface area contributed by atoms with Crippen molar-refractivity contribution in [3.63, 3.8) is 0 Å². The van der Waals surface area contributed by atoms with Crippen LogP contribution < -0.4 is 0 Å². The Bertz CT molecular complexity index is 430. The summed E-state index contributed by atoms with van der Waals surface area (Å²) in [5, 5.41) is 0. The number of aromatic nitrogens is 1. The van der Waals surface area contributed by atoms with E-state index in [0.29, 0.717) is 25.9 Å². The van der Waals surface area contributed by atoms with Crippen molar-refractivity contribution in [3.8, 4) is 0 Å². The molecule has 0 bridgehead atoms. The molecule has 0 aliphatic carbocycles. The van der Waals surface area contributed by atoms with Gasteiger partial charge >= 0.3 is 0 Å². The first kappa shape index (κ1) is 11.5. The normalized spacial score (nSPS) is 16.5. The standard InChI is InChI=1S/C13H14N2O2/c16-12-5-8-15(9-6-12)13(17)4-3-11-2-1-7-14-10-11/h1-4,7,10H,5-6,8-9H2/b4-3+. The molecule has 0 aromatic carbocycles. The van der Waals surface area contributed by atoms with E-state index in [1.54, 1.807) is 23.4 Å². The van der Waals surface area contributed by atoms with Crippen LogP contribution in [-0.2, 0) is 9.59 Å². The van der Waals surface area contributed by atoms with Crippen molar-refractivity contribution < 1.29 is 9.59 Å². The van der Waals surface area contributed by atoms with Crippen molar-refractivity contribution in [3.05, 3.63) is 36.2 Å². The molecule has 2 heterocycles. The van der Waals surface area contributed by atoms with E-state index in [4.69, 9.17) is 0 Å². The SMILES string of the molecule is O=C1CCN(C(=O)/C=C/c2cccnc2)CC1. The van der Waals surface area contributed by atoms with Gasteiger partial charge in [-0.25, -0.2) is 0 Å². The second-order valence-electron chi connectivity index (χ2n) is 3.98. The zero-order valence-corrected chi connectivity index (χ0v) is 9.50. The predicted molar refractivity (Wildman–Crippen MR) is 64.1 cm³/mol. The lowest BCUT2D eigenvalue weighted by molar-refractivity contribution is -0.130.